The first kappa shape index (κ1) is 13.5. The van der Waals surface area contributed by atoms with Crippen LogP contribution in [0, 0.1) is 0 Å². The molecule has 0 amide bonds. The van der Waals surface area contributed by atoms with Gasteiger partial charge >= 0.3 is 0 Å². The van der Waals surface area contributed by atoms with Crippen LogP contribution in [0.25, 0.3) is 21.5 Å². The van der Waals surface area contributed by atoms with Gasteiger partial charge in [0.15, 0.2) is 0 Å². The molecule has 2 nitrogen and oxygen atoms in total. The van der Waals surface area contributed by atoms with Gasteiger partial charge in [-0.3, -0.25) is 0 Å². The smallest absolute Gasteiger partial charge is 0.135 e. The number of hydrogen-bond acceptors (Lipinski definition) is 2. The van der Waals surface area contributed by atoms with Crippen LogP contribution in [-0.2, 0) is 0 Å². The third kappa shape index (κ3) is 2.42. The number of ether oxygens (including phenoxy) is 1. The Bertz CT molecular complexity index is 726. The van der Waals surface area contributed by atoms with Gasteiger partial charge in [0.25, 0.3) is 0 Å². The van der Waals surface area contributed by atoms with Gasteiger partial charge in [-0.15, -0.1) is 0 Å². The van der Waals surface area contributed by atoms with Gasteiger partial charge in [-0.1, -0.05) is 23.2 Å². The van der Waals surface area contributed by atoms with E-state index in [2.05, 4.69) is 6.07 Å². The Morgan fingerprint density at radius 2 is 1.40 bits per heavy atom. The molecule has 0 aliphatic heterocycles. The summed E-state index contributed by atoms with van der Waals surface area (Å²) in [6, 6.07) is 13.6. The molecule has 4 heteroatoms. The van der Waals surface area contributed by atoms with Crippen molar-refractivity contribution in [2.75, 3.05) is 13.2 Å². The van der Waals surface area contributed by atoms with E-state index >= 15 is 0 Å². The van der Waals surface area contributed by atoms with E-state index in [-0.39, 0.29) is 0 Å². The van der Waals surface area contributed by atoms with Gasteiger partial charge in [-0.2, -0.15) is 0 Å². The maximum Gasteiger partial charge on any atom is 0.135 e. The molecule has 0 unspecified atom stereocenters. The summed E-state index contributed by atoms with van der Waals surface area (Å²) in [5, 5.41) is 5.50. The van der Waals surface area contributed by atoms with Gasteiger partial charge in [0.05, 0.1) is 0 Å². The lowest BCUT2D eigenvalue weighted by Gasteiger charge is -2.13. The fourth-order valence-corrected chi connectivity index (χ4v) is 2.71. The Hall–Kier alpha value is -1.48. The van der Waals surface area contributed by atoms with Crippen molar-refractivity contribution in [1.29, 1.82) is 0 Å². The molecule has 3 rings (SSSR count). The Labute approximate surface area is 127 Å². The van der Waals surface area contributed by atoms with Crippen molar-refractivity contribution < 1.29 is 4.74 Å². The molecule has 0 atom stereocenters. The zero-order chi connectivity index (χ0) is 14.1. The zero-order valence-corrected chi connectivity index (χ0v) is 12.2. The van der Waals surface area contributed by atoms with E-state index in [0.717, 1.165) is 27.3 Å². The second kappa shape index (κ2) is 5.49. The van der Waals surface area contributed by atoms with Crippen molar-refractivity contribution in [3.8, 4) is 5.75 Å². The number of halogens is 2. The minimum Gasteiger partial charge on any atom is -0.491 e. The molecule has 3 aromatic carbocycles. The summed E-state index contributed by atoms with van der Waals surface area (Å²) in [5.74, 6) is 0.830. The maximum atomic E-state index is 6.07. The molecule has 0 saturated carbocycles. The molecule has 0 radical (unpaired) electrons. The van der Waals surface area contributed by atoms with E-state index < -0.39 is 0 Å². The van der Waals surface area contributed by atoms with E-state index in [1.165, 1.54) is 0 Å². The first-order chi connectivity index (χ1) is 9.69. The molecule has 0 bridgehead atoms. The Morgan fingerprint density at radius 3 is 1.90 bits per heavy atom. The van der Waals surface area contributed by atoms with Crippen LogP contribution in [0.1, 0.15) is 0 Å². The lowest BCUT2D eigenvalue weighted by atomic mass is 10.0. The van der Waals surface area contributed by atoms with Gasteiger partial charge in [0.1, 0.15) is 12.4 Å². The molecule has 0 saturated heterocycles. The molecular weight excluding hydrogens is 293 g/mol. The molecule has 0 spiro atoms. The highest BCUT2D eigenvalue weighted by Gasteiger charge is 2.09. The number of fused-ring (bicyclic) bond motifs is 2. The monoisotopic (exact) mass is 305 g/mol. The highest BCUT2D eigenvalue weighted by Crippen LogP contribution is 2.37. The lowest BCUT2D eigenvalue weighted by Crippen LogP contribution is -2.11. The summed E-state index contributed by atoms with van der Waals surface area (Å²) in [6.45, 7) is 0.943. The van der Waals surface area contributed by atoms with Crippen molar-refractivity contribution >= 4 is 44.7 Å². The summed E-state index contributed by atoms with van der Waals surface area (Å²) in [6.07, 6.45) is 0. The minimum absolute atomic E-state index is 0.471. The fraction of sp³-hybridized carbons (Fsp3) is 0.125. The van der Waals surface area contributed by atoms with Crippen molar-refractivity contribution in [2.24, 2.45) is 5.73 Å². The number of nitrogens with two attached hydrogens (primary N) is 1. The molecule has 0 aliphatic carbocycles. The summed E-state index contributed by atoms with van der Waals surface area (Å²) in [4.78, 5) is 0. The van der Waals surface area contributed by atoms with Gasteiger partial charge in [0, 0.05) is 27.4 Å². The predicted molar refractivity (Wildman–Crippen MR) is 86.0 cm³/mol. The predicted octanol–water partition coefficient (Wildman–Crippen LogP) is 4.64. The largest absolute Gasteiger partial charge is 0.491 e. The summed E-state index contributed by atoms with van der Waals surface area (Å²) in [5.41, 5.74) is 5.55. The van der Waals surface area contributed by atoms with Crippen LogP contribution in [0.15, 0.2) is 42.5 Å². The number of benzene rings is 3. The van der Waals surface area contributed by atoms with Gasteiger partial charge < -0.3 is 10.5 Å². The van der Waals surface area contributed by atoms with Crippen LogP contribution in [0.4, 0.5) is 0 Å². The minimum atomic E-state index is 0.471. The molecule has 2 N–H and O–H groups in total. The molecule has 20 heavy (non-hydrogen) atoms. The third-order valence-electron chi connectivity index (χ3n) is 3.19. The van der Waals surface area contributed by atoms with Crippen molar-refractivity contribution in [2.45, 2.75) is 0 Å². The molecular formula is C16H13Cl2NO. The van der Waals surface area contributed by atoms with Crippen molar-refractivity contribution in [3.63, 3.8) is 0 Å². The Kier molecular flexibility index (Phi) is 3.70. The van der Waals surface area contributed by atoms with E-state index in [1.807, 2.05) is 36.4 Å². The quantitative estimate of drug-likeness (QED) is 0.716. The third-order valence-corrected chi connectivity index (χ3v) is 3.66. The Balaban J connectivity index is 2.36. The van der Waals surface area contributed by atoms with Crippen LogP contribution < -0.4 is 10.5 Å². The van der Waals surface area contributed by atoms with Gasteiger partial charge in [-0.25, -0.2) is 0 Å². The van der Waals surface area contributed by atoms with E-state index in [9.17, 15) is 0 Å². The number of rotatable bonds is 3. The topological polar surface area (TPSA) is 35.2 Å². The van der Waals surface area contributed by atoms with Crippen LogP contribution >= 0.6 is 23.2 Å². The first-order valence-corrected chi connectivity index (χ1v) is 7.09. The van der Waals surface area contributed by atoms with E-state index in [0.29, 0.717) is 23.2 Å². The van der Waals surface area contributed by atoms with Crippen LogP contribution in [0.3, 0.4) is 0 Å². The van der Waals surface area contributed by atoms with Crippen LogP contribution in [0.5, 0.6) is 5.75 Å². The molecule has 3 aromatic rings. The van der Waals surface area contributed by atoms with Crippen LogP contribution in [0.2, 0.25) is 10.0 Å². The Morgan fingerprint density at radius 1 is 0.850 bits per heavy atom. The first-order valence-electron chi connectivity index (χ1n) is 6.33. The molecule has 0 heterocycles. The van der Waals surface area contributed by atoms with Crippen LogP contribution in [-0.4, -0.2) is 13.2 Å². The lowest BCUT2D eigenvalue weighted by molar-refractivity contribution is 0.336. The summed E-state index contributed by atoms with van der Waals surface area (Å²) in [7, 11) is 0. The van der Waals surface area contributed by atoms with E-state index in [4.69, 9.17) is 33.7 Å². The maximum absolute atomic E-state index is 6.07. The average Bonchev–Trinajstić information content (AvgIpc) is 2.43. The normalized spacial score (nSPS) is 11.2. The SMILES string of the molecule is NCCOc1c2ccc(Cl)cc2cc2cc(Cl)ccc12. The zero-order valence-electron chi connectivity index (χ0n) is 10.7. The standard InChI is InChI=1S/C16H13Cl2NO/c17-12-1-3-14-10(8-12)7-11-9-13(18)2-4-15(11)16(14)20-6-5-19/h1-4,7-9H,5-6,19H2. The average molecular weight is 306 g/mol. The van der Waals surface area contributed by atoms with Crippen molar-refractivity contribution in [3.05, 3.63) is 52.5 Å². The second-order valence-electron chi connectivity index (χ2n) is 4.57. The second-order valence-corrected chi connectivity index (χ2v) is 5.45. The fourth-order valence-electron chi connectivity index (χ4n) is 2.35. The highest BCUT2D eigenvalue weighted by atomic mass is 35.5. The molecule has 0 aliphatic rings. The van der Waals surface area contributed by atoms with Gasteiger partial charge in [0.2, 0.25) is 0 Å². The molecule has 0 aromatic heterocycles. The number of hydrogen-bond donors (Lipinski definition) is 1. The van der Waals surface area contributed by atoms with Gasteiger partial charge in [-0.05, 0) is 53.2 Å². The summed E-state index contributed by atoms with van der Waals surface area (Å²) >= 11 is 12.1. The summed E-state index contributed by atoms with van der Waals surface area (Å²) < 4.78 is 5.85. The molecule has 102 valence electrons. The van der Waals surface area contributed by atoms with Crippen molar-refractivity contribution in [1.82, 2.24) is 0 Å². The van der Waals surface area contributed by atoms with E-state index in [1.54, 1.807) is 0 Å². The molecule has 0 fully saturated rings. The highest BCUT2D eigenvalue weighted by molar-refractivity contribution is 6.32.